The van der Waals surface area contributed by atoms with Gasteiger partial charge in [-0.3, -0.25) is 4.79 Å². The summed E-state index contributed by atoms with van der Waals surface area (Å²) >= 11 is 9.65. The standard InChI is InChI=1S/C22H21BrClN3O4/c1-3-5-20-26-18-8-7-15(23)11-16(18)22(29)27(20)25-12-14-6-9-19(17(24)10-14)31-13-21(28)30-4-2/h6-12H,3-5,13H2,1-2H3. The number of esters is 1. The van der Waals surface area contributed by atoms with Gasteiger partial charge in [0.05, 0.1) is 28.7 Å². The molecular weight excluding hydrogens is 486 g/mol. The number of hydrogen-bond acceptors (Lipinski definition) is 6. The van der Waals surface area contributed by atoms with Gasteiger partial charge in [-0.15, -0.1) is 0 Å². The highest BCUT2D eigenvalue weighted by Crippen LogP contribution is 2.25. The lowest BCUT2D eigenvalue weighted by molar-refractivity contribution is -0.145. The second kappa shape index (κ2) is 10.5. The third kappa shape index (κ3) is 5.71. The summed E-state index contributed by atoms with van der Waals surface area (Å²) in [4.78, 5) is 29.1. The SMILES string of the molecule is CCCc1nc2ccc(Br)cc2c(=O)n1N=Cc1ccc(OCC(=O)OCC)c(Cl)c1. The minimum Gasteiger partial charge on any atom is -0.480 e. The summed E-state index contributed by atoms with van der Waals surface area (Å²) in [5.41, 5.74) is 1.05. The Morgan fingerprint density at radius 3 is 2.77 bits per heavy atom. The van der Waals surface area contributed by atoms with Crippen molar-refractivity contribution in [3.8, 4) is 5.75 Å². The number of rotatable bonds is 8. The van der Waals surface area contributed by atoms with Crippen molar-refractivity contribution in [1.82, 2.24) is 9.66 Å². The number of carbonyl (C=O) groups excluding carboxylic acids is 1. The molecule has 0 amide bonds. The smallest absolute Gasteiger partial charge is 0.344 e. The van der Waals surface area contributed by atoms with E-state index in [9.17, 15) is 9.59 Å². The average molecular weight is 507 g/mol. The summed E-state index contributed by atoms with van der Waals surface area (Å²) < 4.78 is 12.3. The minimum absolute atomic E-state index is 0.227. The predicted octanol–water partition coefficient (Wildman–Crippen LogP) is 4.59. The van der Waals surface area contributed by atoms with Crippen LogP contribution in [0.3, 0.4) is 0 Å². The maximum Gasteiger partial charge on any atom is 0.344 e. The Hall–Kier alpha value is -2.71. The van der Waals surface area contributed by atoms with Crippen molar-refractivity contribution in [2.75, 3.05) is 13.2 Å². The summed E-state index contributed by atoms with van der Waals surface area (Å²) in [5.74, 6) is 0.467. The molecular formula is C22H21BrClN3O4. The lowest BCUT2D eigenvalue weighted by atomic mass is 10.2. The highest BCUT2D eigenvalue weighted by Gasteiger charge is 2.11. The van der Waals surface area contributed by atoms with E-state index in [0.29, 0.717) is 39.5 Å². The molecule has 0 radical (unpaired) electrons. The van der Waals surface area contributed by atoms with E-state index >= 15 is 0 Å². The minimum atomic E-state index is -0.470. The van der Waals surface area contributed by atoms with Gasteiger partial charge >= 0.3 is 5.97 Å². The van der Waals surface area contributed by atoms with Crippen LogP contribution in [0.5, 0.6) is 5.75 Å². The first kappa shape index (κ1) is 23.0. The normalized spacial score (nSPS) is 11.2. The van der Waals surface area contributed by atoms with Crippen LogP contribution in [0.4, 0.5) is 0 Å². The molecule has 2 aromatic carbocycles. The molecule has 0 unspecified atom stereocenters. The van der Waals surface area contributed by atoms with Crippen molar-refractivity contribution < 1.29 is 14.3 Å². The fraction of sp³-hybridized carbons (Fsp3) is 0.273. The Morgan fingerprint density at radius 1 is 1.26 bits per heavy atom. The molecule has 0 aliphatic heterocycles. The van der Waals surface area contributed by atoms with Crippen LogP contribution in [0.1, 0.15) is 31.7 Å². The highest BCUT2D eigenvalue weighted by molar-refractivity contribution is 9.10. The monoisotopic (exact) mass is 505 g/mol. The molecule has 3 aromatic rings. The van der Waals surface area contributed by atoms with E-state index in [1.165, 1.54) is 10.9 Å². The zero-order valence-corrected chi connectivity index (χ0v) is 19.4. The van der Waals surface area contributed by atoms with Crippen molar-refractivity contribution in [3.05, 3.63) is 67.6 Å². The number of hydrogen-bond donors (Lipinski definition) is 0. The van der Waals surface area contributed by atoms with Gasteiger partial charge in [0.1, 0.15) is 11.6 Å². The van der Waals surface area contributed by atoms with Gasteiger partial charge in [0.2, 0.25) is 0 Å². The molecule has 0 fully saturated rings. The fourth-order valence-corrected chi connectivity index (χ4v) is 3.48. The topological polar surface area (TPSA) is 82.8 Å². The third-order valence-corrected chi connectivity index (χ3v) is 5.07. The summed E-state index contributed by atoms with van der Waals surface area (Å²) in [6, 6.07) is 10.4. The zero-order valence-electron chi connectivity index (χ0n) is 17.1. The molecule has 9 heteroatoms. The molecule has 1 heterocycles. The molecule has 0 atom stereocenters. The van der Waals surface area contributed by atoms with Crippen molar-refractivity contribution in [3.63, 3.8) is 0 Å². The van der Waals surface area contributed by atoms with E-state index < -0.39 is 5.97 Å². The first-order valence-corrected chi connectivity index (χ1v) is 10.9. The van der Waals surface area contributed by atoms with Crippen LogP contribution in [0.15, 0.2) is 50.8 Å². The van der Waals surface area contributed by atoms with Gasteiger partial charge in [-0.25, -0.2) is 9.78 Å². The van der Waals surface area contributed by atoms with Crippen LogP contribution < -0.4 is 10.3 Å². The maximum absolute atomic E-state index is 13.0. The van der Waals surface area contributed by atoms with Crippen molar-refractivity contribution in [1.29, 1.82) is 0 Å². The Bertz CT molecular complexity index is 1190. The van der Waals surface area contributed by atoms with Gasteiger partial charge in [0.25, 0.3) is 5.56 Å². The van der Waals surface area contributed by atoms with Crippen LogP contribution in [-0.2, 0) is 16.0 Å². The molecule has 31 heavy (non-hydrogen) atoms. The van der Waals surface area contributed by atoms with E-state index in [4.69, 9.17) is 21.1 Å². The van der Waals surface area contributed by atoms with E-state index in [-0.39, 0.29) is 18.8 Å². The molecule has 162 valence electrons. The summed E-state index contributed by atoms with van der Waals surface area (Å²) in [6.07, 6.45) is 2.97. The van der Waals surface area contributed by atoms with E-state index in [2.05, 4.69) is 26.0 Å². The number of fused-ring (bicyclic) bond motifs is 1. The number of ether oxygens (including phenoxy) is 2. The molecule has 0 bridgehead atoms. The number of carbonyl (C=O) groups is 1. The molecule has 0 aliphatic carbocycles. The Labute approximate surface area is 192 Å². The van der Waals surface area contributed by atoms with Crippen LogP contribution in [0, 0.1) is 0 Å². The van der Waals surface area contributed by atoms with Gasteiger partial charge in [-0.2, -0.15) is 9.78 Å². The fourth-order valence-electron chi connectivity index (χ4n) is 2.88. The second-order valence-electron chi connectivity index (χ2n) is 6.58. The number of nitrogens with zero attached hydrogens (tertiary/aromatic N) is 3. The number of aryl methyl sites for hydroxylation is 1. The molecule has 0 aliphatic rings. The molecule has 0 N–H and O–H groups in total. The summed E-state index contributed by atoms with van der Waals surface area (Å²) in [5, 5.41) is 5.17. The van der Waals surface area contributed by atoms with Crippen molar-refractivity contribution >= 4 is 50.6 Å². The lowest BCUT2D eigenvalue weighted by Gasteiger charge is -2.09. The maximum atomic E-state index is 13.0. The van der Waals surface area contributed by atoms with E-state index in [0.717, 1.165) is 10.9 Å². The molecule has 3 rings (SSSR count). The Balaban J connectivity index is 1.89. The quantitative estimate of drug-likeness (QED) is 0.330. The largest absolute Gasteiger partial charge is 0.480 e. The van der Waals surface area contributed by atoms with E-state index in [1.807, 2.05) is 19.1 Å². The van der Waals surface area contributed by atoms with Gasteiger partial charge in [0, 0.05) is 10.9 Å². The molecule has 0 spiro atoms. The number of aromatic nitrogens is 2. The van der Waals surface area contributed by atoms with Crippen LogP contribution in [0.25, 0.3) is 10.9 Å². The summed E-state index contributed by atoms with van der Waals surface area (Å²) in [6.45, 7) is 3.79. The second-order valence-corrected chi connectivity index (χ2v) is 7.91. The first-order valence-electron chi connectivity index (χ1n) is 9.76. The molecule has 0 saturated carbocycles. The molecule has 7 nitrogen and oxygen atoms in total. The number of halogens is 2. The van der Waals surface area contributed by atoms with Crippen molar-refractivity contribution in [2.24, 2.45) is 5.10 Å². The van der Waals surface area contributed by atoms with E-state index in [1.54, 1.807) is 31.2 Å². The van der Waals surface area contributed by atoms with Crippen LogP contribution in [-0.4, -0.2) is 35.1 Å². The van der Waals surface area contributed by atoms with Gasteiger partial charge in [-0.05, 0) is 55.3 Å². The molecule has 1 aromatic heterocycles. The third-order valence-electron chi connectivity index (χ3n) is 4.28. The van der Waals surface area contributed by atoms with Crippen LogP contribution >= 0.6 is 27.5 Å². The average Bonchev–Trinajstić information content (AvgIpc) is 2.74. The van der Waals surface area contributed by atoms with Gasteiger partial charge in [0.15, 0.2) is 6.61 Å². The first-order chi connectivity index (χ1) is 14.9. The number of benzene rings is 2. The summed E-state index contributed by atoms with van der Waals surface area (Å²) in [7, 11) is 0. The van der Waals surface area contributed by atoms with Crippen LogP contribution in [0.2, 0.25) is 5.02 Å². The molecule has 0 saturated heterocycles. The van der Waals surface area contributed by atoms with Gasteiger partial charge < -0.3 is 9.47 Å². The van der Waals surface area contributed by atoms with Gasteiger partial charge in [-0.1, -0.05) is 34.5 Å². The van der Waals surface area contributed by atoms with Crippen molar-refractivity contribution in [2.45, 2.75) is 26.7 Å². The zero-order chi connectivity index (χ0) is 22.4. The highest BCUT2D eigenvalue weighted by atomic mass is 79.9. The Kier molecular flexibility index (Phi) is 7.81. The Morgan fingerprint density at radius 2 is 2.06 bits per heavy atom. The lowest BCUT2D eigenvalue weighted by Crippen LogP contribution is -2.22. The predicted molar refractivity (Wildman–Crippen MR) is 124 cm³/mol.